The minimum absolute atomic E-state index is 0.0283. The number of hydrogen-bond acceptors (Lipinski definition) is 5. The second-order valence-corrected chi connectivity index (χ2v) is 6.43. The number of carbonyl (C=O) groups excluding carboxylic acids is 1. The Morgan fingerprint density at radius 3 is 2.64 bits per heavy atom. The second kappa shape index (κ2) is 7.08. The third kappa shape index (κ3) is 3.72. The fourth-order valence-electron chi connectivity index (χ4n) is 2.91. The molecule has 1 fully saturated rings. The first-order chi connectivity index (χ1) is 12.0. The molecule has 2 aromatic rings. The van der Waals surface area contributed by atoms with Gasteiger partial charge in [-0.15, -0.1) is 0 Å². The van der Waals surface area contributed by atoms with Crippen LogP contribution in [0.4, 0.5) is 20.8 Å². The Morgan fingerprint density at radius 2 is 2.00 bits per heavy atom. The molecule has 1 saturated heterocycles. The Hall–Kier alpha value is -2.64. The summed E-state index contributed by atoms with van der Waals surface area (Å²) in [5, 5.41) is 3.94. The summed E-state index contributed by atoms with van der Waals surface area (Å²) < 4.78 is 18.4. The van der Waals surface area contributed by atoms with Crippen LogP contribution >= 0.6 is 0 Å². The molecule has 0 saturated carbocycles. The molecule has 0 radical (unpaired) electrons. The number of likely N-dealkylation sites (tertiary alicyclic amines) is 1. The fourth-order valence-corrected chi connectivity index (χ4v) is 2.91. The van der Waals surface area contributed by atoms with Gasteiger partial charge in [-0.25, -0.2) is 9.18 Å². The van der Waals surface area contributed by atoms with Gasteiger partial charge in [-0.1, -0.05) is 0 Å². The minimum Gasteiger partial charge on any atom is -0.344 e. The third-order valence-corrected chi connectivity index (χ3v) is 4.37. The molecule has 7 nitrogen and oxygen atoms in total. The predicted octanol–water partition coefficient (Wildman–Crippen LogP) is 2.71. The molecule has 2 amide bonds. The maximum atomic E-state index is 13.1. The van der Waals surface area contributed by atoms with Crippen LogP contribution in [-0.2, 0) is 0 Å². The molecule has 1 aromatic carbocycles. The number of halogens is 1. The molecule has 25 heavy (non-hydrogen) atoms. The van der Waals surface area contributed by atoms with E-state index in [4.69, 9.17) is 4.52 Å². The van der Waals surface area contributed by atoms with Crippen LogP contribution in [0.3, 0.4) is 0 Å². The number of anilines is 2. The SMILES string of the molecule is CN(C)c1noc(C2CCCN(C(=O)N(C)c3ccc(F)cc3)C2)n1. The first-order valence-electron chi connectivity index (χ1n) is 8.25. The summed E-state index contributed by atoms with van der Waals surface area (Å²) >= 11 is 0. The smallest absolute Gasteiger partial charge is 0.324 e. The molecular weight excluding hydrogens is 325 g/mol. The Balaban J connectivity index is 1.69. The predicted molar refractivity (Wildman–Crippen MR) is 92.4 cm³/mol. The lowest BCUT2D eigenvalue weighted by atomic mass is 9.98. The molecule has 1 atom stereocenters. The number of nitrogens with zero attached hydrogens (tertiary/aromatic N) is 5. The van der Waals surface area contributed by atoms with Crippen molar-refractivity contribution in [2.75, 3.05) is 44.0 Å². The Labute approximate surface area is 146 Å². The Kier molecular flexibility index (Phi) is 4.87. The number of hydrogen-bond donors (Lipinski definition) is 0. The highest BCUT2D eigenvalue weighted by Gasteiger charge is 2.30. The van der Waals surface area contributed by atoms with Crippen LogP contribution in [0, 0.1) is 5.82 Å². The van der Waals surface area contributed by atoms with Crippen molar-refractivity contribution in [1.82, 2.24) is 15.0 Å². The van der Waals surface area contributed by atoms with Gasteiger partial charge < -0.3 is 14.3 Å². The van der Waals surface area contributed by atoms with Crippen molar-refractivity contribution in [2.24, 2.45) is 0 Å². The van der Waals surface area contributed by atoms with Gasteiger partial charge in [0.15, 0.2) is 0 Å². The lowest BCUT2D eigenvalue weighted by Crippen LogP contribution is -2.46. The Morgan fingerprint density at radius 1 is 1.28 bits per heavy atom. The van der Waals surface area contributed by atoms with Crippen LogP contribution in [0.25, 0.3) is 0 Å². The van der Waals surface area contributed by atoms with Gasteiger partial charge in [-0.2, -0.15) is 4.98 Å². The van der Waals surface area contributed by atoms with Crippen LogP contribution in [0.5, 0.6) is 0 Å². The summed E-state index contributed by atoms with van der Waals surface area (Å²) in [5.41, 5.74) is 0.654. The fraction of sp³-hybridized carbons (Fsp3) is 0.471. The van der Waals surface area contributed by atoms with Gasteiger partial charge >= 0.3 is 6.03 Å². The molecule has 2 heterocycles. The first-order valence-corrected chi connectivity index (χ1v) is 8.25. The third-order valence-electron chi connectivity index (χ3n) is 4.37. The van der Waals surface area contributed by atoms with Crippen molar-refractivity contribution in [3.63, 3.8) is 0 Å². The van der Waals surface area contributed by atoms with E-state index in [9.17, 15) is 9.18 Å². The van der Waals surface area contributed by atoms with Gasteiger partial charge in [0.05, 0.1) is 5.92 Å². The van der Waals surface area contributed by atoms with E-state index in [-0.39, 0.29) is 17.8 Å². The molecule has 134 valence electrons. The van der Waals surface area contributed by atoms with E-state index in [0.717, 1.165) is 12.8 Å². The molecule has 1 aromatic heterocycles. The van der Waals surface area contributed by atoms with E-state index in [1.165, 1.54) is 17.0 Å². The average Bonchev–Trinajstić information content (AvgIpc) is 3.12. The molecule has 0 N–H and O–H groups in total. The number of urea groups is 1. The lowest BCUT2D eigenvalue weighted by Gasteiger charge is -2.34. The number of rotatable bonds is 3. The van der Waals surface area contributed by atoms with Crippen molar-refractivity contribution in [3.05, 3.63) is 36.0 Å². The lowest BCUT2D eigenvalue weighted by molar-refractivity contribution is 0.179. The van der Waals surface area contributed by atoms with E-state index in [1.54, 1.807) is 29.0 Å². The van der Waals surface area contributed by atoms with Gasteiger partial charge in [0.25, 0.3) is 5.95 Å². The first kappa shape index (κ1) is 17.2. The highest BCUT2D eigenvalue weighted by atomic mass is 19.1. The van der Waals surface area contributed by atoms with Crippen molar-refractivity contribution in [2.45, 2.75) is 18.8 Å². The molecule has 0 bridgehead atoms. The number of aromatic nitrogens is 2. The minimum atomic E-state index is -0.323. The summed E-state index contributed by atoms with van der Waals surface area (Å²) in [6.45, 7) is 1.20. The van der Waals surface area contributed by atoms with Crippen molar-refractivity contribution >= 4 is 17.7 Å². The molecular formula is C17H22FN5O2. The number of piperidine rings is 1. The topological polar surface area (TPSA) is 65.7 Å². The van der Waals surface area contributed by atoms with Crippen LogP contribution in [0.15, 0.2) is 28.8 Å². The van der Waals surface area contributed by atoms with E-state index in [1.807, 2.05) is 14.1 Å². The number of amides is 2. The van der Waals surface area contributed by atoms with Gasteiger partial charge in [-0.05, 0) is 42.3 Å². The molecule has 3 rings (SSSR count). The summed E-state index contributed by atoms with van der Waals surface area (Å²) in [6, 6.07) is 5.76. The zero-order chi connectivity index (χ0) is 18.0. The maximum Gasteiger partial charge on any atom is 0.324 e. The highest BCUT2D eigenvalue weighted by molar-refractivity contribution is 5.91. The molecule has 1 unspecified atom stereocenters. The maximum absolute atomic E-state index is 13.1. The summed E-state index contributed by atoms with van der Waals surface area (Å²) in [7, 11) is 5.39. The zero-order valence-corrected chi connectivity index (χ0v) is 14.6. The number of benzene rings is 1. The Bertz CT molecular complexity index is 731. The van der Waals surface area contributed by atoms with E-state index >= 15 is 0 Å². The van der Waals surface area contributed by atoms with Crippen molar-refractivity contribution in [1.29, 1.82) is 0 Å². The van der Waals surface area contributed by atoms with E-state index in [0.29, 0.717) is 30.6 Å². The van der Waals surface area contributed by atoms with Crippen LogP contribution in [0.1, 0.15) is 24.7 Å². The van der Waals surface area contributed by atoms with Crippen molar-refractivity contribution in [3.8, 4) is 0 Å². The van der Waals surface area contributed by atoms with Gasteiger partial charge in [0.1, 0.15) is 5.82 Å². The normalized spacial score (nSPS) is 17.4. The summed E-state index contributed by atoms with van der Waals surface area (Å²) in [4.78, 5) is 22.2. The van der Waals surface area contributed by atoms with E-state index < -0.39 is 0 Å². The molecule has 8 heteroatoms. The molecule has 0 spiro atoms. The van der Waals surface area contributed by atoms with Gasteiger partial charge in [0.2, 0.25) is 5.89 Å². The zero-order valence-electron chi connectivity index (χ0n) is 14.6. The molecule has 1 aliphatic rings. The summed E-state index contributed by atoms with van der Waals surface area (Å²) in [5.74, 6) is 0.795. The van der Waals surface area contributed by atoms with Gasteiger partial charge in [-0.3, -0.25) is 4.90 Å². The van der Waals surface area contributed by atoms with Crippen molar-refractivity contribution < 1.29 is 13.7 Å². The summed E-state index contributed by atoms with van der Waals surface area (Å²) in [6.07, 6.45) is 1.77. The quantitative estimate of drug-likeness (QED) is 0.854. The molecule has 1 aliphatic heterocycles. The second-order valence-electron chi connectivity index (χ2n) is 6.43. The standard InChI is InChI=1S/C17H22FN5O2/c1-21(2)16-19-15(25-20-16)12-5-4-10-23(11-12)17(24)22(3)14-8-6-13(18)7-9-14/h6-9,12H,4-5,10-11H2,1-3H3. The van der Waals surface area contributed by atoms with Crippen LogP contribution in [-0.4, -0.2) is 55.3 Å². The molecule has 0 aliphatic carbocycles. The van der Waals surface area contributed by atoms with Gasteiger partial charge in [0, 0.05) is 39.9 Å². The van der Waals surface area contributed by atoms with E-state index in [2.05, 4.69) is 10.1 Å². The largest absolute Gasteiger partial charge is 0.344 e. The average molecular weight is 347 g/mol. The highest BCUT2D eigenvalue weighted by Crippen LogP contribution is 2.28. The number of carbonyl (C=O) groups is 1. The van der Waals surface area contributed by atoms with Crippen LogP contribution < -0.4 is 9.80 Å². The monoisotopic (exact) mass is 347 g/mol. The van der Waals surface area contributed by atoms with Crippen LogP contribution in [0.2, 0.25) is 0 Å².